The predicted octanol–water partition coefficient (Wildman–Crippen LogP) is 5.21. The van der Waals surface area contributed by atoms with Gasteiger partial charge < -0.3 is 15.4 Å². The summed E-state index contributed by atoms with van der Waals surface area (Å²) in [5.74, 6) is 0.443. The largest absolute Gasteiger partial charge is 0.484 e. The van der Waals surface area contributed by atoms with Gasteiger partial charge in [0, 0.05) is 21.5 Å². The molecule has 0 saturated carbocycles. The number of benzene rings is 3. The third kappa shape index (κ3) is 5.36. The fourth-order valence-corrected chi connectivity index (χ4v) is 2.47. The van der Waals surface area contributed by atoms with Gasteiger partial charge in [-0.05, 0) is 60.7 Å². The van der Waals surface area contributed by atoms with Gasteiger partial charge in [0.05, 0.1) is 0 Å². The van der Waals surface area contributed by atoms with Crippen LogP contribution in [0, 0.1) is 0 Å². The molecule has 0 radical (unpaired) electrons. The molecule has 0 aliphatic carbocycles. The summed E-state index contributed by atoms with van der Waals surface area (Å²) < 4.78 is 6.48. The van der Waals surface area contributed by atoms with Crippen LogP contribution < -0.4 is 15.4 Å². The molecule has 0 aromatic heterocycles. The molecule has 5 heteroatoms. The Morgan fingerprint density at radius 3 is 2.08 bits per heavy atom. The monoisotopic (exact) mass is 396 g/mol. The fraction of sp³-hybridized carbons (Fsp3) is 0.0500. The smallest absolute Gasteiger partial charge is 0.262 e. The van der Waals surface area contributed by atoms with Crippen LogP contribution in [-0.4, -0.2) is 12.5 Å². The zero-order valence-corrected chi connectivity index (χ0v) is 15.0. The van der Waals surface area contributed by atoms with Gasteiger partial charge in [0.15, 0.2) is 6.61 Å². The Morgan fingerprint density at radius 1 is 0.800 bits per heavy atom. The molecule has 3 aromatic carbocycles. The fourth-order valence-electron chi connectivity index (χ4n) is 2.20. The van der Waals surface area contributed by atoms with E-state index >= 15 is 0 Å². The van der Waals surface area contributed by atoms with Gasteiger partial charge in [-0.3, -0.25) is 4.79 Å². The molecular formula is C20H17BrN2O2. The van der Waals surface area contributed by atoms with Crippen molar-refractivity contribution in [2.75, 3.05) is 17.2 Å². The third-order valence-corrected chi connectivity index (χ3v) is 3.94. The number of rotatable bonds is 6. The number of carbonyl (C=O) groups is 1. The van der Waals surface area contributed by atoms with Gasteiger partial charge in [0.2, 0.25) is 0 Å². The Hall–Kier alpha value is -2.79. The Bertz CT molecular complexity index is 819. The second-order valence-electron chi connectivity index (χ2n) is 5.36. The molecule has 0 heterocycles. The van der Waals surface area contributed by atoms with Crippen LogP contribution in [0.5, 0.6) is 5.75 Å². The Morgan fingerprint density at radius 2 is 1.40 bits per heavy atom. The van der Waals surface area contributed by atoms with E-state index in [1.165, 1.54) is 0 Å². The van der Waals surface area contributed by atoms with Gasteiger partial charge in [0.1, 0.15) is 5.75 Å². The van der Waals surface area contributed by atoms with Crippen molar-refractivity contribution in [2.24, 2.45) is 0 Å². The topological polar surface area (TPSA) is 50.4 Å². The van der Waals surface area contributed by atoms with E-state index in [2.05, 4.69) is 26.6 Å². The number of ether oxygens (including phenoxy) is 1. The molecule has 4 nitrogen and oxygen atoms in total. The second-order valence-corrected chi connectivity index (χ2v) is 6.27. The highest BCUT2D eigenvalue weighted by Crippen LogP contribution is 2.20. The maximum atomic E-state index is 11.9. The summed E-state index contributed by atoms with van der Waals surface area (Å²) in [5.41, 5.74) is 2.71. The zero-order valence-electron chi connectivity index (χ0n) is 13.4. The molecule has 0 spiro atoms. The Labute approximate surface area is 155 Å². The van der Waals surface area contributed by atoms with Gasteiger partial charge in [0.25, 0.3) is 5.91 Å². The van der Waals surface area contributed by atoms with E-state index < -0.39 is 0 Å². The Balaban J connectivity index is 1.49. The SMILES string of the molecule is O=C(COc1ccc(Nc2ccccc2)cc1)Nc1ccc(Br)cc1. The quantitative estimate of drug-likeness (QED) is 0.601. The lowest BCUT2D eigenvalue weighted by molar-refractivity contribution is -0.118. The average molecular weight is 397 g/mol. The maximum Gasteiger partial charge on any atom is 0.262 e. The average Bonchev–Trinajstić information content (AvgIpc) is 2.64. The molecule has 126 valence electrons. The number of para-hydroxylation sites is 1. The maximum absolute atomic E-state index is 11.9. The van der Waals surface area contributed by atoms with E-state index in [1.807, 2.05) is 78.9 Å². The molecule has 2 N–H and O–H groups in total. The first kappa shape index (κ1) is 17.0. The minimum Gasteiger partial charge on any atom is -0.484 e. The minimum atomic E-state index is -0.200. The predicted molar refractivity (Wildman–Crippen MR) is 104 cm³/mol. The molecule has 0 aliphatic rings. The summed E-state index contributed by atoms with van der Waals surface area (Å²) in [6.45, 7) is -0.0402. The highest BCUT2D eigenvalue weighted by atomic mass is 79.9. The molecule has 1 amide bonds. The van der Waals surface area contributed by atoms with Gasteiger partial charge in [-0.2, -0.15) is 0 Å². The highest BCUT2D eigenvalue weighted by molar-refractivity contribution is 9.10. The molecule has 3 rings (SSSR count). The molecule has 0 aliphatic heterocycles. The Kier molecular flexibility index (Phi) is 5.69. The first-order valence-electron chi connectivity index (χ1n) is 7.79. The van der Waals surface area contributed by atoms with E-state index in [0.29, 0.717) is 5.75 Å². The van der Waals surface area contributed by atoms with Crippen LogP contribution >= 0.6 is 15.9 Å². The number of amides is 1. The van der Waals surface area contributed by atoms with Crippen molar-refractivity contribution in [3.8, 4) is 5.75 Å². The van der Waals surface area contributed by atoms with Crippen LogP contribution in [-0.2, 0) is 4.79 Å². The van der Waals surface area contributed by atoms with Crippen molar-refractivity contribution in [1.29, 1.82) is 0 Å². The van der Waals surface area contributed by atoms with Crippen molar-refractivity contribution in [2.45, 2.75) is 0 Å². The molecule has 0 saturated heterocycles. The minimum absolute atomic E-state index is 0.0402. The van der Waals surface area contributed by atoms with Gasteiger partial charge >= 0.3 is 0 Å². The third-order valence-electron chi connectivity index (χ3n) is 3.41. The van der Waals surface area contributed by atoms with Crippen molar-refractivity contribution < 1.29 is 9.53 Å². The molecule has 25 heavy (non-hydrogen) atoms. The number of hydrogen-bond donors (Lipinski definition) is 2. The summed E-state index contributed by atoms with van der Waals surface area (Å²) in [4.78, 5) is 11.9. The number of hydrogen-bond acceptors (Lipinski definition) is 3. The van der Waals surface area contributed by atoms with E-state index in [0.717, 1.165) is 21.5 Å². The lowest BCUT2D eigenvalue weighted by Crippen LogP contribution is -2.20. The van der Waals surface area contributed by atoms with Crippen LogP contribution in [0.15, 0.2) is 83.3 Å². The van der Waals surface area contributed by atoms with Gasteiger partial charge in [-0.25, -0.2) is 0 Å². The lowest BCUT2D eigenvalue weighted by Gasteiger charge is -2.09. The molecule has 0 atom stereocenters. The molecule has 0 fully saturated rings. The summed E-state index contributed by atoms with van der Waals surface area (Å²) in [7, 11) is 0. The molecular weight excluding hydrogens is 380 g/mol. The van der Waals surface area contributed by atoms with Crippen LogP contribution in [0.3, 0.4) is 0 Å². The van der Waals surface area contributed by atoms with Crippen molar-refractivity contribution in [3.63, 3.8) is 0 Å². The first-order chi connectivity index (χ1) is 12.2. The van der Waals surface area contributed by atoms with E-state index in [4.69, 9.17) is 4.74 Å². The second kappa shape index (κ2) is 8.35. The number of carbonyl (C=O) groups excluding carboxylic acids is 1. The summed E-state index contributed by atoms with van der Waals surface area (Å²) >= 11 is 3.36. The van der Waals surface area contributed by atoms with Crippen LogP contribution in [0.1, 0.15) is 0 Å². The standard InChI is InChI=1S/C20H17BrN2O2/c21-15-6-8-18(9-7-15)23-20(24)14-25-19-12-10-17(11-13-19)22-16-4-2-1-3-5-16/h1-13,22H,14H2,(H,23,24). The van der Waals surface area contributed by atoms with Crippen molar-refractivity contribution >= 4 is 38.9 Å². The van der Waals surface area contributed by atoms with Crippen LogP contribution in [0.2, 0.25) is 0 Å². The van der Waals surface area contributed by atoms with E-state index in [-0.39, 0.29) is 12.5 Å². The molecule has 3 aromatic rings. The molecule has 0 unspecified atom stereocenters. The first-order valence-corrected chi connectivity index (χ1v) is 8.59. The number of halogens is 1. The highest BCUT2D eigenvalue weighted by Gasteiger charge is 2.04. The number of anilines is 3. The van der Waals surface area contributed by atoms with Crippen molar-refractivity contribution in [1.82, 2.24) is 0 Å². The van der Waals surface area contributed by atoms with Crippen molar-refractivity contribution in [3.05, 3.63) is 83.3 Å². The lowest BCUT2D eigenvalue weighted by atomic mass is 10.2. The van der Waals surface area contributed by atoms with Crippen LogP contribution in [0.4, 0.5) is 17.1 Å². The van der Waals surface area contributed by atoms with E-state index in [9.17, 15) is 4.79 Å². The van der Waals surface area contributed by atoms with E-state index in [1.54, 1.807) is 0 Å². The summed E-state index contributed by atoms with van der Waals surface area (Å²) in [5, 5.41) is 6.08. The van der Waals surface area contributed by atoms with Gasteiger partial charge in [-0.15, -0.1) is 0 Å². The zero-order chi connectivity index (χ0) is 17.5. The summed E-state index contributed by atoms with van der Waals surface area (Å²) in [6.07, 6.45) is 0. The van der Waals surface area contributed by atoms with Crippen LogP contribution in [0.25, 0.3) is 0 Å². The summed E-state index contributed by atoms with van der Waals surface area (Å²) in [6, 6.07) is 24.8. The number of nitrogens with one attached hydrogen (secondary N) is 2. The molecule has 0 bridgehead atoms. The van der Waals surface area contributed by atoms with Gasteiger partial charge in [-0.1, -0.05) is 34.1 Å². The normalized spacial score (nSPS) is 10.1.